The summed E-state index contributed by atoms with van der Waals surface area (Å²) in [5.74, 6) is -0.648. The lowest BCUT2D eigenvalue weighted by Gasteiger charge is -2.21. The lowest BCUT2D eigenvalue weighted by molar-refractivity contribution is -0.164. The van der Waals surface area contributed by atoms with Gasteiger partial charge in [-0.1, -0.05) is 6.07 Å². The van der Waals surface area contributed by atoms with Crippen LogP contribution in [-0.4, -0.2) is 56.1 Å². The number of hydrogen-bond acceptors (Lipinski definition) is 9. The van der Waals surface area contributed by atoms with Crippen LogP contribution in [-0.2, 0) is 21.3 Å². The standard InChI is InChI=1S/C20H20FN7O4/c1-11-19(31-17(29)7-8-22)32-20(30)28(11)13-4-5-14(15(21)9-13)12-3-6-16(23-10-12)18-24-25-26-27(18)2/h3-6,9-11,19H,7-8,22H2,1-2H3/t11-,19?/m1/s1. The molecule has 0 aliphatic carbocycles. The topological polar surface area (TPSA) is 138 Å². The Morgan fingerprint density at radius 1 is 1.31 bits per heavy atom. The number of anilines is 1. The molecule has 12 heteroatoms. The van der Waals surface area contributed by atoms with Gasteiger partial charge in [0.25, 0.3) is 6.29 Å². The van der Waals surface area contributed by atoms with Crippen LogP contribution < -0.4 is 10.6 Å². The van der Waals surface area contributed by atoms with Crippen molar-refractivity contribution >= 4 is 17.7 Å². The molecule has 11 nitrogen and oxygen atoms in total. The zero-order valence-electron chi connectivity index (χ0n) is 17.3. The van der Waals surface area contributed by atoms with Crippen molar-refractivity contribution in [3.8, 4) is 22.6 Å². The van der Waals surface area contributed by atoms with Gasteiger partial charge in [-0.3, -0.25) is 14.7 Å². The van der Waals surface area contributed by atoms with E-state index < -0.39 is 30.2 Å². The average molecular weight is 441 g/mol. The van der Waals surface area contributed by atoms with Crippen LogP contribution in [0.25, 0.3) is 22.6 Å². The number of carbonyl (C=O) groups excluding carboxylic acids is 2. The van der Waals surface area contributed by atoms with E-state index in [-0.39, 0.29) is 18.7 Å². The zero-order valence-corrected chi connectivity index (χ0v) is 17.3. The van der Waals surface area contributed by atoms with Gasteiger partial charge in [0, 0.05) is 30.9 Å². The normalized spacial score (nSPS) is 18.0. The van der Waals surface area contributed by atoms with E-state index in [1.165, 1.54) is 21.8 Å². The van der Waals surface area contributed by atoms with Crippen molar-refractivity contribution in [3.63, 3.8) is 0 Å². The molecule has 3 heterocycles. The Morgan fingerprint density at radius 2 is 2.12 bits per heavy atom. The highest BCUT2D eigenvalue weighted by Crippen LogP contribution is 2.32. The smallest absolute Gasteiger partial charge is 0.417 e. The molecule has 32 heavy (non-hydrogen) atoms. The Bertz CT molecular complexity index is 1150. The summed E-state index contributed by atoms with van der Waals surface area (Å²) in [5, 5.41) is 11.2. The summed E-state index contributed by atoms with van der Waals surface area (Å²) < 4.78 is 26.7. The fraction of sp³-hybridized carbons (Fsp3) is 0.300. The molecule has 2 aromatic heterocycles. The number of pyridine rings is 1. The summed E-state index contributed by atoms with van der Waals surface area (Å²) in [6.45, 7) is 1.76. The first-order valence-electron chi connectivity index (χ1n) is 9.77. The van der Waals surface area contributed by atoms with Crippen LogP contribution in [0.4, 0.5) is 14.9 Å². The first-order chi connectivity index (χ1) is 15.4. The third kappa shape index (κ3) is 3.99. The van der Waals surface area contributed by atoms with Crippen molar-refractivity contribution in [2.24, 2.45) is 12.8 Å². The number of benzene rings is 1. The van der Waals surface area contributed by atoms with E-state index in [0.717, 1.165) is 0 Å². The van der Waals surface area contributed by atoms with Gasteiger partial charge in [-0.15, -0.1) is 5.10 Å². The fourth-order valence-electron chi connectivity index (χ4n) is 3.33. The number of aryl methyl sites for hydroxylation is 1. The molecule has 1 amide bonds. The van der Waals surface area contributed by atoms with Crippen LogP contribution >= 0.6 is 0 Å². The summed E-state index contributed by atoms with van der Waals surface area (Å²) in [7, 11) is 1.69. The Hall–Kier alpha value is -3.93. The number of hydrogen-bond donors (Lipinski definition) is 1. The molecule has 0 radical (unpaired) electrons. The number of nitrogens with two attached hydrogens (primary N) is 1. The summed E-state index contributed by atoms with van der Waals surface area (Å²) >= 11 is 0. The fourth-order valence-corrected chi connectivity index (χ4v) is 3.33. The predicted octanol–water partition coefficient (Wildman–Crippen LogP) is 1.64. The van der Waals surface area contributed by atoms with Gasteiger partial charge in [0.15, 0.2) is 5.82 Å². The molecule has 0 saturated carbocycles. The molecule has 1 fully saturated rings. The maximum absolute atomic E-state index is 14.9. The quantitative estimate of drug-likeness (QED) is 0.566. The lowest BCUT2D eigenvalue weighted by atomic mass is 10.1. The van der Waals surface area contributed by atoms with Crippen molar-refractivity contribution in [1.82, 2.24) is 25.2 Å². The van der Waals surface area contributed by atoms with Crippen molar-refractivity contribution in [2.45, 2.75) is 25.7 Å². The number of cyclic esters (lactones) is 1. The second-order valence-corrected chi connectivity index (χ2v) is 7.11. The largest absolute Gasteiger partial charge is 0.423 e. The molecule has 1 unspecified atom stereocenters. The molecule has 0 spiro atoms. The van der Waals surface area contributed by atoms with Crippen LogP contribution in [0.15, 0.2) is 36.5 Å². The zero-order chi connectivity index (χ0) is 22.8. The Morgan fingerprint density at radius 3 is 2.75 bits per heavy atom. The number of rotatable bonds is 6. The maximum Gasteiger partial charge on any atom is 0.417 e. The minimum absolute atomic E-state index is 0.00406. The number of ether oxygens (including phenoxy) is 2. The highest BCUT2D eigenvalue weighted by molar-refractivity contribution is 5.91. The second kappa shape index (κ2) is 8.67. The highest BCUT2D eigenvalue weighted by Gasteiger charge is 2.42. The number of nitrogens with zero attached hydrogens (tertiary/aromatic N) is 6. The molecule has 2 N–H and O–H groups in total. The number of tetrazole rings is 1. The SMILES string of the molecule is C[C@@H]1C(OC(=O)CCN)OC(=O)N1c1ccc(-c2ccc(-c3nnnn3C)nc2)c(F)c1. The van der Waals surface area contributed by atoms with E-state index in [9.17, 15) is 14.0 Å². The second-order valence-electron chi connectivity index (χ2n) is 7.11. The van der Waals surface area contributed by atoms with Gasteiger partial charge in [-0.2, -0.15) is 0 Å². The van der Waals surface area contributed by atoms with Crippen molar-refractivity contribution in [3.05, 3.63) is 42.3 Å². The first kappa shape index (κ1) is 21.3. The van der Waals surface area contributed by atoms with Crippen LogP contribution in [0.2, 0.25) is 0 Å². The van der Waals surface area contributed by atoms with Crippen LogP contribution in [0.5, 0.6) is 0 Å². The number of carbonyl (C=O) groups is 2. The number of amides is 1. The molecule has 0 bridgehead atoms. The summed E-state index contributed by atoms with van der Waals surface area (Å²) in [5.41, 5.74) is 6.99. The van der Waals surface area contributed by atoms with Crippen molar-refractivity contribution < 1.29 is 23.5 Å². The predicted molar refractivity (Wildman–Crippen MR) is 109 cm³/mol. The van der Waals surface area contributed by atoms with Gasteiger partial charge in [0.1, 0.15) is 17.6 Å². The van der Waals surface area contributed by atoms with Gasteiger partial charge in [-0.05, 0) is 41.6 Å². The minimum Gasteiger partial charge on any atom is -0.423 e. The van der Waals surface area contributed by atoms with E-state index in [1.807, 2.05) is 0 Å². The molecule has 1 aliphatic rings. The number of esters is 1. The van der Waals surface area contributed by atoms with Gasteiger partial charge in [0.05, 0.1) is 12.1 Å². The molecule has 1 aliphatic heterocycles. The van der Waals surface area contributed by atoms with Gasteiger partial charge in [-0.25, -0.2) is 13.9 Å². The van der Waals surface area contributed by atoms with Crippen molar-refractivity contribution in [2.75, 3.05) is 11.4 Å². The third-order valence-electron chi connectivity index (χ3n) is 4.97. The molecular formula is C20H20FN7O4. The lowest BCUT2D eigenvalue weighted by Crippen LogP contribution is -2.36. The van der Waals surface area contributed by atoms with Crippen molar-refractivity contribution in [1.29, 1.82) is 0 Å². The molecular weight excluding hydrogens is 421 g/mol. The van der Waals surface area contributed by atoms with Crippen LogP contribution in [0.1, 0.15) is 13.3 Å². The third-order valence-corrected chi connectivity index (χ3v) is 4.97. The monoisotopic (exact) mass is 441 g/mol. The Balaban J connectivity index is 1.54. The van der Waals surface area contributed by atoms with Gasteiger partial charge >= 0.3 is 12.1 Å². The molecule has 4 rings (SSSR count). The number of halogens is 1. The van der Waals surface area contributed by atoms with E-state index >= 15 is 0 Å². The molecule has 1 saturated heterocycles. The average Bonchev–Trinajstić information content (AvgIpc) is 3.31. The van der Waals surface area contributed by atoms with Crippen LogP contribution in [0, 0.1) is 5.82 Å². The van der Waals surface area contributed by atoms with E-state index in [2.05, 4.69) is 20.5 Å². The first-order valence-corrected chi connectivity index (χ1v) is 9.77. The highest BCUT2D eigenvalue weighted by atomic mass is 19.1. The summed E-state index contributed by atoms with van der Waals surface area (Å²) in [6, 6.07) is 7.09. The van der Waals surface area contributed by atoms with Gasteiger partial charge < -0.3 is 15.2 Å². The van der Waals surface area contributed by atoms with Gasteiger partial charge in [0.2, 0.25) is 0 Å². The number of aromatic nitrogens is 5. The summed E-state index contributed by atoms with van der Waals surface area (Å²) in [4.78, 5) is 29.5. The Kier molecular flexibility index (Phi) is 5.77. The molecule has 166 valence electrons. The van der Waals surface area contributed by atoms with E-state index in [0.29, 0.717) is 22.6 Å². The maximum atomic E-state index is 14.9. The minimum atomic E-state index is -1.10. The van der Waals surface area contributed by atoms with Crippen LogP contribution in [0.3, 0.4) is 0 Å². The molecule has 1 aromatic carbocycles. The molecule has 2 atom stereocenters. The van der Waals surface area contributed by atoms with E-state index in [4.69, 9.17) is 15.2 Å². The van der Waals surface area contributed by atoms with E-state index in [1.54, 1.807) is 38.2 Å². The molecule has 3 aromatic rings. The summed E-state index contributed by atoms with van der Waals surface area (Å²) in [6.07, 6.45) is -0.319. The Labute approximate surface area is 181 Å².